The van der Waals surface area contributed by atoms with E-state index in [2.05, 4.69) is 4.40 Å². The molecule has 0 heterocycles. The van der Waals surface area contributed by atoms with Crippen LogP contribution in [-0.2, 0) is 11.4 Å². The van der Waals surface area contributed by atoms with Crippen LogP contribution in [-0.4, -0.2) is 21.6 Å². The fraction of sp³-hybridized carbons (Fsp3) is 0.588. The number of hydrogen-bond acceptors (Lipinski definition) is 3. The molecule has 2 rings (SSSR count). The monoisotopic (exact) mass is 307 g/mol. The average Bonchev–Trinajstić information content (AvgIpc) is 3.20. The number of rotatable bonds is 5. The van der Waals surface area contributed by atoms with E-state index >= 15 is 0 Å². The van der Waals surface area contributed by atoms with E-state index in [1.165, 1.54) is 12.8 Å². The average molecular weight is 307 g/mol. The molecule has 1 aliphatic rings. The Kier molecular flexibility index (Phi) is 4.99. The fourth-order valence-electron chi connectivity index (χ4n) is 1.79. The van der Waals surface area contributed by atoms with Gasteiger partial charge in [0.1, 0.15) is 21.9 Å². The van der Waals surface area contributed by atoms with Gasteiger partial charge in [-0.2, -0.15) is 0 Å². The summed E-state index contributed by atoms with van der Waals surface area (Å²) in [6, 6.07) is 6.06. The van der Waals surface area contributed by atoms with Gasteiger partial charge in [0.05, 0.1) is 12.3 Å². The van der Waals surface area contributed by atoms with Crippen molar-refractivity contribution in [2.75, 3.05) is 6.61 Å². The quantitative estimate of drug-likeness (QED) is 0.608. The highest BCUT2D eigenvalue weighted by molar-refractivity contribution is 7.91. The van der Waals surface area contributed by atoms with Crippen molar-refractivity contribution in [2.45, 2.75) is 52.2 Å². The standard InChI is InChI=1S/C17H25NO2S/c1-12-6-9-15(10-16(12)20-11-14-7-8-14)13(2)18-21(19)17(3,4)5/h6,9-10,14H,7-8,11H2,1-5H3/b18-13+/t21-/m0/s1. The van der Waals surface area contributed by atoms with Gasteiger partial charge in [0.2, 0.25) is 0 Å². The zero-order valence-corrected chi connectivity index (χ0v) is 14.4. The van der Waals surface area contributed by atoms with Crippen molar-refractivity contribution in [1.29, 1.82) is 0 Å². The van der Waals surface area contributed by atoms with Crippen LogP contribution < -0.4 is 4.74 Å². The third kappa shape index (κ3) is 4.75. The zero-order chi connectivity index (χ0) is 15.6. The molecule has 4 heteroatoms. The van der Waals surface area contributed by atoms with Gasteiger partial charge in [-0.3, -0.25) is 0 Å². The second-order valence-corrected chi connectivity index (χ2v) is 8.68. The summed E-state index contributed by atoms with van der Waals surface area (Å²) < 4.78 is 22.0. The van der Waals surface area contributed by atoms with Gasteiger partial charge in [-0.05, 0) is 65.0 Å². The van der Waals surface area contributed by atoms with Gasteiger partial charge in [-0.15, -0.1) is 0 Å². The van der Waals surface area contributed by atoms with E-state index in [0.717, 1.165) is 35.1 Å². The van der Waals surface area contributed by atoms with Crippen LogP contribution in [0.25, 0.3) is 0 Å². The third-order valence-corrected chi connectivity index (χ3v) is 5.01. The maximum atomic E-state index is 12.1. The minimum atomic E-state index is -1.23. The number of hydrogen-bond donors (Lipinski definition) is 0. The molecular formula is C17H25NO2S. The lowest BCUT2D eigenvalue weighted by Crippen LogP contribution is -2.26. The second-order valence-electron chi connectivity index (χ2n) is 6.77. The molecule has 0 amide bonds. The Morgan fingerprint density at radius 1 is 1.38 bits per heavy atom. The first-order chi connectivity index (χ1) is 9.77. The topological polar surface area (TPSA) is 44.7 Å². The number of nitrogens with zero attached hydrogens (tertiary/aromatic N) is 1. The first kappa shape index (κ1) is 16.4. The summed E-state index contributed by atoms with van der Waals surface area (Å²) in [4.78, 5) is 0. The van der Waals surface area contributed by atoms with Gasteiger partial charge < -0.3 is 9.29 Å². The van der Waals surface area contributed by atoms with Crippen LogP contribution in [0.5, 0.6) is 5.75 Å². The van der Waals surface area contributed by atoms with Crippen molar-refractivity contribution < 1.29 is 9.29 Å². The molecule has 1 aromatic carbocycles. The molecule has 3 nitrogen and oxygen atoms in total. The van der Waals surface area contributed by atoms with Crippen molar-refractivity contribution in [3.05, 3.63) is 29.3 Å². The lowest BCUT2D eigenvalue weighted by Gasteiger charge is -2.19. The van der Waals surface area contributed by atoms with E-state index in [-0.39, 0.29) is 4.75 Å². The van der Waals surface area contributed by atoms with Crippen LogP contribution in [0.4, 0.5) is 0 Å². The van der Waals surface area contributed by atoms with Crippen LogP contribution in [0.1, 0.15) is 51.7 Å². The van der Waals surface area contributed by atoms with Gasteiger partial charge in [0.15, 0.2) is 0 Å². The molecule has 0 aliphatic heterocycles. The van der Waals surface area contributed by atoms with Gasteiger partial charge in [0, 0.05) is 5.56 Å². The highest BCUT2D eigenvalue weighted by Crippen LogP contribution is 2.30. The zero-order valence-electron chi connectivity index (χ0n) is 13.6. The lowest BCUT2D eigenvalue weighted by molar-refractivity contribution is 0.298. The predicted molar refractivity (Wildman–Crippen MR) is 89.5 cm³/mol. The molecule has 0 radical (unpaired) electrons. The maximum absolute atomic E-state index is 12.1. The summed E-state index contributed by atoms with van der Waals surface area (Å²) in [7, 11) is 0. The Morgan fingerprint density at radius 3 is 2.62 bits per heavy atom. The second kappa shape index (κ2) is 6.41. The number of aryl methyl sites for hydroxylation is 1. The number of benzene rings is 1. The van der Waals surface area contributed by atoms with E-state index < -0.39 is 11.4 Å². The van der Waals surface area contributed by atoms with Gasteiger partial charge >= 0.3 is 0 Å². The summed E-state index contributed by atoms with van der Waals surface area (Å²) in [5.41, 5.74) is 2.90. The minimum Gasteiger partial charge on any atom is -0.591 e. The lowest BCUT2D eigenvalue weighted by atomic mass is 10.1. The van der Waals surface area contributed by atoms with E-state index in [0.29, 0.717) is 0 Å². The normalized spacial score (nSPS) is 17.7. The predicted octanol–water partition coefficient (Wildman–Crippen LogP) is 4.06. The Morgan fingerprint density at radius 2 is 2.05 bits per heavy atom. The molecule has 0 bridgehead atoms. The van der Waals surface area contributed by atoms with Gasteiger partial charge in [0.25, 0.3) is 0 Å². The SMILES string of the molecule is C/C(=N\[S@@+]([O-])C(C)(C)C)c1ccc(C)c(OCC2CC2)c1. The maximum Gasteiger partial charge on any atom is 0.144 e. The first-order valence-electron chi connectivity index (χ1n) is 7.48. The summed E-state index contributed by atoms with van der Waals surface area (Å²) >= 11 is -1.23. The molecule has 0 spiro atoms. The van der Waals surface area contributed by atoms with Crippen molar-refractivity contribution in [2.24, 2.45) is 10.3 Å². The molecule has 0 saturated heterocycles. The van der Waals surface area contributed by atoms with E-state index in [4.69, 9.17) is 4.74 Å². The van der Waals surface area contributed by atoms with Crippen LogP contribution in [0.15, 0.2) is 22.6 Å². The van der Waals surface area contributed by atoms with E-state index in [9.17, 15) is 4.55 Å². The van der Waals surface area contributed by atoms with Gasteiger partial charge in [-0.1, -0.05) is 16.5 Å². The smallest absolute Gasteiger partial charge is 0.144 e. The van der Waals surface area contributed by atoms with Crippen LogP contribution >= 0.6 is 0 Å². The fourth-order valence-corrected chi connectivity index (χ4v) is 2.41. The summed E-state index contributed by atoms with van der Waals surface area (Å²) in [6.07, 6.45) is 2.56. The third-order valence-electron chi connectivity index (χ3n) is 3.52. The van der Waals surface area contributed by atoms with Crippen molar-refractivity contribution in [1.82, 2.24) is 0 Å². The molecule has 1 aromatic rings. The Bertz CT molecular complexity index is 530. The molecule has 1 fully saturated rings. The van der Waals surface area contributed by atoms with Crippen LogP contribution in [0.3, 0.4) is 0 Å². The molecule has 1 aliphatic carbocycles. The summed E-state index contributed by atoms with van der Waals surface area (Å²) in [5.74, 6) is 1.65. The van der Waals surface area contributed by atoms with Gasteiger partial charge in [-0.25, -0.2) is 0 Å². The summed E-state index contributed by atoms with van der Waals surface area (Å²) in [5, 5.41) is 0. The van der Waals surface area contributed by atoms with Crippen molar-refractivity contribution in [3.63, 3.8) is 0 Å². The van der Waals surface area contributed by atoms with Crippen molar-refractivity contribution in [3.8, 4) is 5.75 Å². The molecular weight excluding hydrogens is 282 g/mol. The van der Waals surface area contributed by atoms with E-state index in [1.54, 1.807) is 0 Å². The Hall–Kier alpha value is -1.00. The number of ether oxygens (including phenoxy) is 1. The molecule has 21 heavy (non-hydrogen) atoms. The largest absolute Gasteiger partial charge is 0.591 e. The van der Waals surface area contributed by atoms with Crippen LogP contribution in [0.2, 0.25) is 0 Å². The highest BCUT2D eigenvalue weighted by Gasteiger charge is 2.27. The molecule has 1 atom stereocenters. The highest BCUT2D eigenvalue weighted by atomic mass is 32.2. The molecule has 0 aromatic heterocycles. The molecule has 0 unspecified atom stereocenters. The summed E-state index contributed by atoms with van der Waals surface area (Å²) in [6.45, 7) is 10.5. The molecule has 116 valence electrons. The van der Waals surface area contributed by atoms with Crippen molar-refractivity contribution >= 4 is 17.1 Å². The Labute approximate surface area is 131 Å². The Balaban J connectivity index is 2.14. The first-order valence-corrected chi connectivity index (χ1v) is 8.59. The van der Waals surface area contributed by atoms with E-state index in [1.807, 2.05) is 52.8 Å². The molecule has 0 N–H and O–H groups in total. The minimum absolute atomic E-state index is 0.336. The van der Waals surface area contributed by atoms with Crippen LogP contribution in [0, 0.1) is 12.8 Å². The molecule has 1 saturated carbocycles.